The molecule has 0 aliphatic carbocycles. The van der Waals surface area contributed by atoms with Gasteiger partial charge in [0.1, 0.15) is 22.6 Å². The Balaban J connectivity index is 1.96. The first-order chi connectivity index (χ1) is 12.7. The fraction of sp³-hybridized carbons (Fsp3) is 0.118. The molecule has 4 aromatic heterocycles. The van der Waals surface area contributed by atoms with Gasteiger partial charge in [-0.05, 0) is 25.1 Å². The Morgan fingerprint density at radius 2 is 2.19 bits per heavy atom. The van der Waals surface area contributed by atoms with Crippen molar-refractivity contribution in [3.63, 3.8) is 0 Å². The molecule has 0 aliphatic rings. The summed E-state index contributed by atoms with van der Waals surface area (Å²) in [5.74, 6) is 0.646. The number of pyridine rings is 2. The van der Waals surface area contributed by atoms with Gasteiger partial charge in [0, 0.05) is 18.0 Å². The van der Waals surface area contributed by atoms with Gasteiger partial charge >= 0.3 is 0 Å². The average Bonchev–Trinajstić information content (AvgIpc) is 3.08. The number of hydrogen-bond acceptors (Lipinski definition) is 7. The number of rotatable bonds is 4. The van der Waals surface area contributed by atoms with Gasteiger partial charge in [0.25, 0.3) is 5.56 Å². The number of nitrogens with one attached hydrogen (secondary N) is 2. The van der Waals surface area contributed by atoms with Crippen LogP contribution in [-0.2, 0) is 0 Å². The predicted octanol–water partition coefficient (Wildman–Crippen LogP) is 1.75. The lowest BCUT2D eigenvalue weighted by Gasteiger charge is -2.09. The summed E-state index contributed by atoms with van der Waals surface area (Å²) in [4.78, 5) is 28.1. The number of ether oxygens (including phenoxy) is 1. The highest BCUT2D eigenvalue weighted by Crippen LogP contribution is 2.29. The molecule has 0 atom stereocenters. The minimum atomic E-state index is -0.350. The Morgan fingerprint density at radius 3 is 2.96 bits per heavy atom. The van der Waals surface area contributed by atoms with E-state index in [1.807, 2.05) is 13.0 Å². The molecule has 0 fully saturated rings. The lowest BCUT2D eigenvalue weighted by atomic mass is 10.2. The van der Waals surface area contributed by atoms with E-state index in [4.69, 9.17) is 10.5 Å². The number of nitrogens with zero attached hydrogens (tertiary/aromatic N) is 4. The SMILES string of the molecule is CCOc1ncc(N)cc1-c1nc2c(-c3cccnc3)n[nH]c2c(=O)[nH]1. The smallest absolute Gasteiger partial charge is 0.277 e. The number of nitrogens with two attached hydrogens (primary N) is 1. The van der Waals surface area contributed by atoms with E-state index in [1.165, 1.54) is 6.20 Å². The minimum Gasteiger partial charge on any atom is -0.477 e. The number of nitrogen functional groups attached to an aromatic ring is 1. The quantitative estimate of drug-likeness (QED) is 0.510. The molecule has 4 aromatic rings. The van der Waals surface area contributed by atoms with Gasteiger partial charge in [-0.15, -0.1) is 0 Å². The van der Waals surface area contributed by atoms with Crippen LogP contribution in [0.4, 0.5) is 5.69 Å². The molecule has 0 bridgehead atoms. The largest absolute Gasteiger partial charge is 0.477 e. The Hall–Kier alpha value is -3.75. The van der Waals surface area contributed by atoms with Crippen LogP contribution in [0.2, 0.25) is 0 Å². The maximum atomic E-state index is 12.5. The molecule has 0 amide bonds. The van der Waals surface area contributed by atoms with E-state index in [2.05, 4.69) is 30.1 Å². The number of anilines is 1. The van der Waals surface area contributed by atoms with E-state index in [0.717, 1.165) is 5.56 Å². The second-order valence-corrected chi connectivity index (χ2v) is 5.51. The topological polar surface area (TPSA) is 135 Å². The molecule has 0 unspecified atom stereocenters. The molecule has 0 aromatic carbocycles. The van der Waals surface area contributed by atoms with Gasteiger partial charge in [-0.1, -0.05) is 0 Å². The summed E-state index contributed by atoms with van der Waals surface area (Å²) < 4.78 is 5.53. The molecule has 26 heavy (non-hydrogen) atoms. The summed E-state index contributed by atoms with van der Waals surface area (Å²) in [6, 6.07) is 5.30. The lowest BCUT2D eigenvalue weighted by molar-refractivity contribution is 0.328. The maximum absolute atomic E-state index is 12.5. The van der Waals surface area contributed by atoms with E-state index >= 15 is 0 Å². The zero-order chi connectivity index (χ0) is 18.1. The van der Waals surface area contributed by atoms with Gasteiger partial charge in [0.15, 0.2) is 0 Å². The number of aromatic amines is 2. The fourth-order valence-corrected chi connectivity index (χ4v) is 2.63. The molecule has 4 heterocycles. The molecular formula is C17H15N7O2. The van der Waals surface area contributed by atoms with E-state index < -0.39 is 0 Å². The summed E-state index contributed by atoms with van der Waals surface area (Å²) in [5.41, 5.74) is 8.44. The molecule has 4 N–H and O–H groups in total. The van der Waals surface area contributed by atoms with Crippen LogP contribution >= 0.6 is 0 Å². The first-order valence-corrected chi connectivity index (χ1v) is 7.95. The molecule has 0 saturated heterocycles. The van der Waals surface area contributed by atoms with Gasteiger partial charge in [-0.2, -0.15) is 5.10 Å². The summed E-state index contributed by atoms with van der Waals surface area (Å²) in [6.45, 7) is 2.26. The first-order valence-electron chi connectivity index (χ1n) is 7.95. The third kappa shape index (κ3) is 2.65. The van der Waals surface area contributed by atoms with Crippen molar-refractivity contribution in [2.45, 2.75) is 6.92 Å². The van der Waals surface area contributed by atoms with E-state index in [0.29, 0.717) is 40.8 Å². The highest BCUT2D eigenvalue weighted by Gasteiger charge is 2.17. The minimum absolute atomic E-state index is 0.280. The van der Waals surface area contributed by atoms with Gasteiger partial charge in [-0.25, -0.2) is 9.97 Å². The highest BCUT2D eigenvalue weighted by molar-refractivity contribution is 5.90. The van der Waals surface area contributed by atoms with Crippen LogP contribution in [0.15, 0.2) is 41.6 Å². The van der Waals surface area contributed by atoms with Crippen LogP contribution in [0, 0.1) is 0 Å². The standard InChI is InChI=1S/C17H15N7O2/c1-2-26-17-11(6-10(18)8-20-17)15-21-13-12(9-4-3-5-19-7-9)23-24-14(13)16(25)22-15/h3-8H,2,18H2,1H3,(H,23,24)(H,21,22,25). The van der Waals surface area contributed by atoms with Crippen LogP contribution in [-0.4, -0.2) is 36.7 Å². The van der Waals surface area contributed by atoms with Crippen LogP contribution in [0.5, 0.6) is 5.88 Å². The third-order valence-corrected chi connectivity index (χ3v) is 3.77. The zero-order valence-electron chi connectivity index (χ0n) is 13.9. The predicted molar refractivity (Wildman–Crippen MR) is 96.6 cm³/mol. The van der Waals surface area contributed by atoms with Gasteiger partial charge < -0.3 is 15.5 Å². The Labute approximate surface area is 147 Å². The van der Waals surface area contributed by atoms with Crippen molar-refractivity contribution in [2.24, 2.45) is 0 Å². The molecular weight excluding hydrogens is 334 g/mol. The molecule has 130 valence electrons. The fourth-order valence-electron chi connectivity index (χ4n) is 2.63. The van der Waals surface area contributed by atoms with Crippen LogP contribution in [0.3, 0.4) is 0 Å². The highest BCUT2D eigenvalue weighted by atomic mass is 16.5. The molecule has 0 spiro atoms. The van der Waals surface area contributed by atoms with Crippen molar-refractivity contribution >= 4 is 16.7 Å². The van der Waals surface area contributed by atoms with Crippen LogP contribution < -0.4 is 16.0 Å². The molecule has 4 rings (SSSR count). The van der Waals surface area contributed by atoms with Crippen molar-refractivity contribution in [2.75, 3.05) is 12.3 Å². The average molecular weight is 349 g/mol. The summed E-state index contributed by atoms with van der Waals surface area (Å²) >= 11 is 0. The normalized spacial score (nSPS) is 11.0. The number of hydrogen-bond donors (Lipinski definition) is 3. The summed E-state index contributed by atoms with van der Waals surface area (Å²) in [7, 11) is 0. The van der Waals surface area contributed by atoms with E-state index in [1.54, 1.807) is 24.5 Å². The molecule has 0 radical (unpaired) electrons. The Kier molecular flexibility index (Phi) is 3.81. The Bertz CT molecular complexity index is 1140. The van der Waals surface area contributed by atoms with Gasteiger partial charge in [0.2, 0.25) is 5.88 Å². The van der Waals surface area contributed by atoms with Crippen LogP contribution in [0.1, 0.15) is 6.92 Å². The zero-order valence-corrected chi connectivity index (χ0v) is 13.9. The first kappa shape index (κ1) is 15.8. The van der Waals surface area contributed by atoms with Gasteiger partial charge in [0.05, 0.1) is 24.1 Å². The molecule has 0 aliphatic heterocycles. The number of fused-ring (bicyclic) bond motifs is 1. The monoisotopic (exact) mass is 349 g/mol. The summed E-state index contributed by atoms with van der Waals surface area (Å²) in [6.07, 6.45) is 4.81. The van der Waals surface area contributed by atoms with E-state index in [-0.39, 0.29) is 11.1 Å². The summed E-state index contributed by atoms with van der Waals surface area (Å²) in [5, 5.41) is 6.95. The molecule has 0 saturated carbocycles. The van der Waals surface area contributed by atoms with Crippen molar-refractivity contribution in [3.8, 4) is 28.5 Å². The Morgan fingerprint density at radius 1 is 1.31 bits per heavy atom. The van der Waals surface area contributed by atoms with Crippen molar-refractivity contribution in [1.82, 2.24) is 30.1 Å². The number of H-pyrrole nitrogens is 2. The van der Waals surface area contributed by atoms with Crippen molar-refractivity contribution in [3.05, 3.63) is 47.1 Å². The maximum Gasteiger partial charge on any atom is 0.277 e. The van der Waals surface area contributed by atoms with E-state index in [9.17, 15) is 4.79 Å². The lowest BCUT2D eigenvalue weighted by Crippen LogP contribution is -2.10. The second kappa shape index (κ2) is 6.28. The van der Waals surface area contributed by atoms with Gasteiger partial charge in [-0.3, -0.25) is 14.9 Å². The second-order valence-electron chi connectivity index (χ2n) is 5.51. The van der Waals surface area contributed by atoms with Crippen molar-refractivity contribution < 1.29 is 4.74 Å². The van der Waals surface area contributed by atoms with Crippen LogP contribution in [0.25, 0.3) is 33.7 Å². The van der Waals surface area contributed by atoms with Crippen molar-refractivity contribution in [1.29, 1.82) is 0 Å². The number of aromatic nitrogens is 6. The third-order valence-electron chi connectivity index (χ3n) is 3.77. The molecule has 9 heteroatoms. The molecule has 9 nitrogen and oxygen atoms in total.